The number of rotatable bonds is 3. The Morgan fingerprint density at radius 2 is 1.95 bits per heavy atom. The van der Waals surface area contributed by atoms with Gasteiger partial charge in [0.05, 0.1) is 23.1 Å². The monoisotopic (exact) mass is 298 g/mol. The van der Waals surface area contributed by atoms with E-state index in [1.807, 2.05) is 0 Å². The molecule has 0 saturated carbocycles. The first-order valence-corrected chi connectivity index (χ1v) is 5.64. The smallest absolute Gasteiger partial charge is 0.433 e. The summed E-state index contributed by atoms with van der Waals surface area (Å²) in [6.07, 6.45) is -2.40. The molecule has 0 saturated heterocycles. The third-order valence-electron chi connectivity index (χ3n) is 2.52. The summed E-state index contributed by atoms with van der Waals surface area (Å²) < 4.78 is 37.1. The predicted octanol–water partition coefficient (Wildman–Crippen LogP) is 2.64. The molecule has 2 aromatic rings. The van der Waals surface area contributed by atoms with Crippen LogP contribution in [-0.2, 0) is 6.18 Å². The van der Waals surface area contributed by atoms with Gasteiger partial charge in [0.15, 0.2) is 0 Å². The van der Waals surface area contributed by atoms with E-state index in [1.165, 1.54) is 13.0 Å². The van der Waals surface area contributed by atoms with Gasteiger partial charge in [-0.3, -0.25) is 0 Å². The number of carboxylic acids is 1. The number of nitrogens with one attached hydrogen (secondary N) is 1. The molecular weight excluding hydrogens is 289 g/mol. The van der Waals surface area contributed by atoms with Crippen molar-refractivity contribution in [1.29, 1.82) is 0 Å². The number of hydrogen-bond acceptors (Lipinski definition) is 5. The van der Waals surface area contributed by atoms with Gasteiger partial charge in [-0.05, 0) is 19.1 Å². The Morgan fingerprint density at radius 1 is 1.24 bits per heavy atom. The van der Waals surface area contributed by atoms with Gasteiger partial charge in [0.1, 0.15) is 5.69 Å². The number of aryl methyl sites for hydroxylation is 1. The van der Waals surface area contributed by atoms with Crippen LogP contribution in [0.2, 0.25) is 0 Å². The summed E-state index contributed by atoms with van der Waals surface area (Å²) in [6, 6.07) is 2.00. The largest absolute Gasteiger partial charge is 0.478 e. The minimum Gasteiger partial charge on any atom is -0.478 e. The first-order chi connectivity index (χ1) is 9.77. The lowest BCUT2D eigenvalue weighted by molar-refractivity contribution is -0.141. The first-order valence-electron chi connectivity index (χ1n) is 5.64. The molecule has 0 radical (unpaired) electrons. The van der Waals surface area contributed by atoms with Crippen LogP contribution in [0.4, 0.5) is 24.8 Å². The molecule has 110 valence electrons. The fraction of sp³-hybridized carbons (Fsp3) is 0.167. The van der Waals surface area contributed by atoms with Gasteiger partial charge in [0, 0.05) is 6.20 Å². The molecule has 0 aromatic carbocycles. The van der Waals surface area contributed by atoms with E-state index in [9.17, 15) is 18.0 Å². The standard InChI is InChI=1S/C12H9F3N4O2/c1-6-8(10(20)21)5-17-11(18-6)19-7-2-3-9(16-4-7)12(13,14)15/h2-5H,1H3,(H,20,21)(H,17,18,19). The Labute approximate surface area is 116 Å². The number of nitrogens with zero attached hydrogens (tertiary/aromatic N) is 3. The highest BCUT2D eigenvalue weighted by molar-refractivity contribution is 5.88. The molecule has 0 spiro atoms. The Morgan fingerprint density at radius 3 is 2.43 bits per heavy atom. The zero-order chi connectivity index (χ0) is 15.6. The van der Waals surface area contributed by atoms with Crippen molar-refractivity contribution in [2.45, 2.75) is 13.1 Å². The normalized spacial score (nSPS) is 11.2. The van der Waals surface area contributed by atoms with Crippen molar-refractivity contribution < 1.29 is 23.1 Å². The molecule has 0 unspecified atom stereocenters. The predicted molar refractivity (Wildman–Crippen MR) is 66.2 cm³/mol. The van der Waals surface area contributed by atoms with Crippen molar-refractivity contribution >= 4 is 17.6 Å². The van der Waals surface area contributed by atoms with Crippen LogP contribution in [0.15, 0.2) is 24.5 Å². The number of carboxylic acid groups (broad SMARTS) is 1. The third kappa shape index (κ3) is 3.44. The van der Waals surface area contributed by atoms with E-state index in [0.717, 1.165) is 18.5 Å². The van der Waals surface area contributed by atoms with E-state index in [1.54, 1.807) is 0 Å². The summed E-state index contributed by atoms with van der Waals surface area (Å²) >= 11 is 0. The highest BCUT2D eigenvalue weighted by Crippen LogP contribution is 2.28. The van der Waals surface area contributed by atoms with Gasteiger partial charge in [0.25, 0.3) is 0 Å². The van der Waals surface area contributed by atoms with Gasteiger partial charge in [-0.15, -0.1) is 0 Å². The molecule has 0 atom stereocenters. The number of anilines is 2. The van der Waals surface area contributed by atoms with E-state index in [4.69, 9.17) is 5.11 Å². The van der Waals surface area contributed by atoms with Crippen LogP contribution in [0, 0.1) is 6.92 Å². The zero-order valence-corrected chi connectivity index (χ0v) is 10.6. The maximum atomic E-state index is 12.4. The number of alkyl halides is 3. The second-order valence-electron chi connectivity index (χ2n) is 4.05. The van der Waals surface area contributed by atoms with Gasteiger partial charge in [-0.2, -0.15) is 13.2 Å². The quantitative estimate of drug-likeness (QED) is 0.905. The molecule has 0 amide bonds. The van der Waals surface area contributed by atoms with E-state index in [0.29, 0.717) is 0 Å². The number of pyridine rings is 1. The first kappa shape index (κ1) is 14.7. The Balaban J connectivity index is 2.19. The molecule has 21 heavy (non-hydrogen) atoms. The lowest BCUT2D eigenvalue weighted by Gasteiger charge is -2.08. The second-order valence-corrected chi connectivity index (χ2v) is 4.05. The summed E-state index contributed by atoms with van der Waals surface area (Å²) in [6.45, 7) is 1.49. The number of carbonyl (C=O) groups is 1. The minimum absolute atomic E-state index is 0.0499. The van der Waals surface area contributed by atoms with Crippen LogP contribution in [0.5, 0.6) is 0 Å². The fourth-order valence-corrected chi connectivity index (χ4v) is 1.50. The van der Waals surface area contributed by atoms with Gasteiger partial charge < -0.3 is 10.4 Å². The van der Waals surface area contributed by atoms with Crippen molar-refractivity contribution in [3.8, 4) is 0 Å². The molecule has 0 fully saturated rings. The summed E-state index contributed by atoms with van der Waals surface area (Å²) in [5.74, 6) is -1.09. The molecule has 6 nitrogen and oxygen atoms in total. The van der Waals surface area contributed by atoms with Crippen LogP contribution < -0.4 is 5.32 Å². The molecule has 2 rings (SSSR count). The van der Waals surface area contributed by atoms with E-state index in [2.05, 4.69) is 20.3 Å². The van der Waals surface area contributed by atoms with Crippen LogP contribution in [0.1, 0.15) is 21.7 Å². The molecule has 2 aromatic heterocycles. The molecule has 2 heterocycles. The molecule has 0 aliphatic heterocycles. The van der Waals surface area contributed by atoms with Gasteiger partial charge in [0.2, 0.25) is 5.95 Å². The maximum Gasteiger partial charge on any atom is 0.433 e. The molecule has 0 aliphatic rings. The Bertz CT molecular complexity index is 671. The highest BCUT2D eigenvalue weighted by atomic mass is 19.4. The van der Waals surface area contributed by atoms with Crippen molar-refractivity contribution in [2.75, 3.05) is 5.32 Å². The van der Waals surface area contributed by atoms with Gasteiger partial charge in [-0.25, -0.2) is 19.7 Å². The SMILES string of the molecule is Cc1nc(Nc2ccc(C(F)(F)F)nc2)ncc1C(=O)O. The van der Waals surface area contributed by atoms with E-state index in [-0.39, 0.29) is 22.9 Å². The molecular formula is C12H9F3N4O2. The molecule has 0 aliphatic carbocycles. The summed E-state index contributed by atoms with van der Waals surface area (Å²) in [5.41, 5.74) is -0.567. The molecule has 9 heteroatoms. The molecule has 2 N–H and O–H groups in total. The lowest BCUT2D eigenvalue weighted by Crippen LogP contribution is -2.08. The fourth-order valence-electron chi connectivity index (χ4n) is 1.50. The van der Waals surface area contributed by atoms with Crippen molar-refractivity contribution in [1.82, 2.24) is 15.0 Å². The highest BCUT2D eigenvalue weighted by Gasteiger charge is 2.32. The lowest BCUT2D eigenvalue weighted by atomic mass is 10.2. The van der Waals surface area contributed by atoms with Crippen LogP contribution in [0.3, 0.4) is 0 Å². The summed E-state index contributed by atoms with van der Waals surface area (Å²) in [7, 11) is 0. The topological polar surface area (TPSA) is 88.0 Å². The van der Waals surface area contributed by atoms with Gasteiger partial charge in [-0.1, -0.05) is 0 Å². The summed E-state index contributed by atoms with van der Waals surface area (Å²) in [5, 5.41) is 11.5. The molecule has 0 bridgehead atoms. The number of aromatic carboxylic acids is 1. The van der Waals surface area contributed by atoms with Crippen molar-refractivity contribution in [3.05, 3.63) is 41.5 Å². The minimum atomic E-state index is -4.51. The zero-order valence-electron chi connectivity index (χ0n) is 10.6. The second kappa shape index (κ2) is 5.35. The Kier molecular flexibility index (Phi) is 3.74. The van der Waals surface area contributed by atoms with Crippen LogP contribution in [-0.4, -0.2) is 26.0 Å². The van der Waals surface area contributed by atoms with Crippen molar-refractivity contribution in [3.63, 3.8) is 0 Å². The third-order valence-corrected chi connectivity index (χ3v) is 2.52. The van der Waals surface area contributed by atoms with Crippen LogP contribution in [0.25, 0.3) is 0 Å². The maximum absolute atomic E-state index is 12.4. The average molecular weight is 298 g/mol. The number of halogens is 3. The van der Waals surface area contributed by atoms with E-state index < -0.39 is 17.8 Å². The van der Waals surface area contributed by atoms with Gasteiger partial charge >= 0.3 is 12.1 Å². The summed E-state index contributed by atoms with van der Waals surface area (Å²) in [4.78, 5) is 21.8. The van der Waals surface area contributed by atoms with Crippen molar-refractivity contribution in [2.24, 2.45) is 0 Å². The van der Waals surface area contributed by atoms with E-state index >= 15 is 0 Å². The van der Waals surface area contributed by atoms with Crippen LogP contribution >= 0.6 is 0 Å². The number of aromatic nitrogens is 3. The Hall–Kier alpha value is -2.71. The average Bonchev–Trinajstić information content (AvgIpc) is 2.38. The number of hydrogen-bond donors (Lipinski definition) is 2.